The van der Waals surface area contributed by atoms with Gasteiger partial charge >= 0.3 is 0 Å². The van der Waals surface area contributed by atoms with E-state index >= 15 is 0 Å². The molecule has 0 radical (unpaired) electrons. The minimum atomic E-state index is 0.255. The number of nitrogens with one attached hydrogen (secondary N) is 2. The first-order valence-corrected chi connectivity index (χ1v) is 5.83. The number of hydrogen-bond donors (Lipinski definition) is 2. The van der Waals surface area contributed by atoms with Crippen molar-refractivity contribution in [1.29, 1.82) is 0 Å². The molecule has 1 rings (SSSR count). The number of allylic oxidation sites excluding steroid dienone is 4. The molecule has 2 N–H and O–H groups in total. The van der Waals surface area contributed by atoms with Crippen LogP contribution in [0, 0.1) is 5.41 Å². The standard InChI is InChI=1S/C13H24N2/c1-11(14-3)9-13(7-5-6-8-13)10-12(2)15-4/h5-8,11-12,14-15H,9-10H2,1-4H3. The summed E-state index contributed by atoms with van der Waals surface area (Å²) in [6, 6.07) is 1.11. The van der Waals surface area contributed by atoms with E-state index in [9.17, 15) is 0 Å². The first-order valence-electron chi connectivity index (χ1n) is 5.83. The highest BCUT2D eigenvalue weighted by atomic mass is 14.9. The molecule has 1 aliphatic carbocycles. The summed E-state index contributed by atoms with van der Waals surface area (Å²) in [6.45, 7) is 4.48. The molecule has 0 aliphatic heterocycles. The first kappa shape index (κ1) is 12.5. The van der Waals surface area contributed by atoms with E-state index in [0.29, 0.717) is 12.1 Å². The molecule has 0 fully saturated rings. The van der Waals surface area contributed by atoms with E-state index in [1.165, 1.54) is 12.8 Å². The fourth-order valence-corrected chi connectivity index (χ4v) is 2.25. The Balaban J connectivity index is 2.63. The molecule has 0 spiro atoms. The van der Waals surface area contributed by atoms with Crippen molar-refractivity contribution < 1.29 is 0 Å². The summed E-state index contributed by atoms with van der Waals surface area (Å²) >= 11 is 0. The van der Waals surface area contributed by atoms with Crippen LogP contribution in [0.25, 0.3) is 0 Å². The van der Waals surface area contributed by atoms with Gasteiger partial charge in [0.2, 0.25) is 0 Å². The molecule has 2 atom stereocenters. The van der Waals surface area contributed by atoms with Gasteiger partial charge in [-0.15, -0.1) is 0 Å². The maximum atomic E-state index is 3.32. The fraction of sp³-hybridized carbons (Fsp3) is 0.692. The second-order valence-electron chi connectivity index (χ2n) is 4.74. The molecule has 0 aromatic rings. The van der Waals surface area contributed by atoms with Gasteiger partial charge in [0.15, 0.2) is 0 Å². The third-order valence-electron chi connectivity index (χ3n) is 3.33. The SMILES string of the molecule is CNC(C)CC1(CC(C)NC)C=CC=C1. The van der Waals surface area contributed by atoms with Gasteiger partial charge in [-0.3, -0.25) is 0 Å². The molecule has 2 heteroatoms. The van der Waals surface area contributed by atoms with Crippen molar-refractivity contribution in [3.63, 3.8) is 0 Å². The van der Waals surface area contributed by atoms with Crippen LogP contribution in [0.2, 0.25) is 0 Å². The number of hydrogen-bond acceptors (Lipinski definition) is 2. The molecular formula is C13H24N2. The normalized spacial score (nSPS) is 21.9. The highest BCUT2D eigenvalue weighted by Crippen LogP contribution is 2.36. The zero-order chi connectivity index (χ0) is 11.3. The minimum Gasteiger partial charge on any atom is -0.317 e. The lowest BCUT2D eigenvalue weighted by atomic mass is 9.78. The van der Waals surface area contributed by atoms with Crippen molar-refractivity contribution in [3.8, 4) is 0 Å². The first-order chi connectivity index (χ1) is 7.12. The topological polar surface area (TPSA) is 24.1 Å². The van der Waals surface area contributed by atoms with E-state index in [1.54, 1.807) is 0 Å². The Hall–Kier alpha value is -0.600. The Bertz CT molecular complexity index is 217. The summed E-state index contributed by atoms with van der Waals surface area (Å²) in [5.41, 5.74) is 0.255. The van der Waals surface area contributed by atoms with Gasteiger partial charge in [0.1, 0.15) is 0 Å². The highest BCUT2D eigenvalue weighted by molar-refractivity contribution is 5.25. The molecule has 0 bridgehead atoms. The average molecular weight is 208 g/mol. The predicted molar refractivity (Wildman–Crippen MR) is 67.0 cm³/mol. The highest BCUT2D eigenvalue weighted by Gasteiger charge is 2.29. The Morgan fingerprint density at radius 3 is 1.67 bits per heavy atom. The predicted octanol–water partition coefficient (Wildman–Crippen LogP) is 2.09. The second kappa shape index (κ2) is 5.47. The van der Waals surface area contributed by atoms with Crippen molar-refractivity contribution in [1.82, 2.24) is 10.6 Å². The number of rotatable bonds is 6. The van der Waals surface area contributed by atoms with Crippen molar-refractivity contribution in [2.24, 2.45) is 5.41 Å². The molecule has 0 saturated carbocycles. The van der Waals surface area contributed by atoms with Crippen LogP contribution in [0.15, 0.2) is 24.3 Å². The fourth-order valence-electron chi connectivity index (χ4n) is 2.25. The van der Waals surface area contributed by atoms with E-state index in [2.05, 4.69) is 48.8 Å². The Morgan fingerprint density at radius 2 is 1.33 bits per heavy atom. The van der Waals surface area contributed by atoms with Crippen molar-refractivity contribution in [2.75, 3.05) is 14.1 Å². The van der Waals surface area contributed by atoms with Crippen LogP contribution in [0.4, 0.5) is 0 Å². The van der Waals surface area contributed by atoms with Gasteiger partial charge in [0, 0.05) is 17.5 Å². The van der Waals surface area contributed by atoms with Crippen LogP contribution in [0.3, 0.4) is 0 Å². The average Bonchev–Trinajstić information content (AvgIpc) is 2.66. The van der Waals surface area contributed by atoms with Crippen LogP contribution < -0.4 is 10.6 Å². The van der Waals surface area contributed by atoms with E-state index < -0.39 is 0 Å². The monoisotopic (exact) mass is 208 g/mol. The third-order valence-corrected chi connectivity index (χ3v) is 3.33. The van der Waals surface area contributed by atoms with Gasteiger partial charge in [-0.1, -0.05) is 24.3 Å². The van der Waals surface area contributed by atoms with Crippen LogP contribution in [0.1, 0.15) is 26.7 Å². The van der Waals surface area contributed by atoms with Crippen LogP contribution >= 0.6 is 0 Å². The van der Waals surface area contributed by atoms with Gasteiger partial charge < -0.3 is 10.6 Å². The molecule has 1 aliphatic rings. The Labute approximate surface area is 93.8 Å². The molecule has 86 valence electrons. The van der Waals surface area contributed by atoms with E-state index in [4.69, 9.17) is 0 Å². The zero-order valence-electron chi connectivity index (χ0n) is 10.4. The largest absolute Gasteiger partial charge is 0.317 e. The zero-order valence-corrected chi connectivity index (χ0v) is 10.4. The van der Waals surface area contributed by atoms with Gasteiger partial charge in [0.25, 0.3) is 0 Å². The lowest BCUT2D eigenvalue weighted by Gasteiger charge is -2.31. The van der Waals surface area contributed by atoms with Crippen molar-refractivity contribution in [3.05, 3.63) is 24.3 Å². The second-order valence-corrected chi connectivity index (χ2v) is 4.74. The summed E-state index contributed by atoms with van der Waals surface area (Å²) in [5.74, 6) is 0. The lowest BCUT2D eigenvalue weighted by molar-refractivity contribution is 0.328. The maximum absolute atomic E-state index is 3.32. The third kappa shape index (κ3) is 3.47. The molecular weight excluding hydrogens is 184 g/mol. The summed E-state index contributed by atoms with van der Waals surface area (Å²) in [7, 11) is 4.06. The Kier molecular flexibility index (Phi) is 4.55. The summed E-state index contributed by atoms with van der Waals surface area (Å²) in [5, 5.41) is 6.64. The quantitative estimate of drug-likeness (QED) is 0.698. The minimum absolute atomic E-state index is 0.255. The van der Waals surface area contributed by atoms with Crippen molar-refractivity contribution >= 4 is 0 Å². The van der Waals surface area contributed by atoms with Crippen LogP contribution in [-0.4, -0.2) is 26.2 Å². The molecule has 0 heterocycles. The smallest absolute Gasteiger partial charge is 0.00964 e. The van der Waals surface area contributed by atoms with Gasteiger partial charge in [-0.25, -0.2) is 0 Å². The van der Waals surface area contributed by atoms with E-state index in [0.717, 1.165) is 0 Å². The van der Waals surface area contributed by atoms with Gasteiger partial charge in [0.05, 0.1) is 0 Å². The van der Waals surface area contributed by atoms with E-state index in [1.807, 2.05) is 14.1 Å². The molecule has 0 saturated heterocycles. The molecule has 0 aromatic carbocycles. The van der Waals surface area contributed by atoms with E-state index in [-0.39, 0.29) is 5.41 Å². The summed E-state index contributed by atoms with van der Waals surface area (Å²) in [4.78, 5) is 0. The van der Waals surface area contributed by atoms with Gasteiger partial charge in [-0.05, 0) is 40.8 Å². The summed E-state index contributed by atoms with van der Waals surface area (Å²) in [6.07, 6.45) is 11.4. The van der Waals surface area contributed by atoms with Crippen molar-refractivity contribution in [2.45, 2.75) is 38.8 Å². The van der Waals surface area contributed by atoms with Crippen LogP contribution in [-0.2, 0) is 0 Å². The van der Waals surface area contributed by atoms with Crippen LogP contribution in [0.5, 0.6) is 0 Å². The molecule has 0 aromatic heterocycles. The molecule has 2 unspecified atom stereocenters. The molecule has 2 nitrogen and oxygen atoms in total. The molecule has 15 heavy (non-hydrogen) atoms. The Morgan fingerprint density at radius 1 is 0.933 bits per heavy atom. The molecule has 0 amide bonds. The summed E-state index contributed by atoms with van der Waals surface area (Å²) < 4.78 is 0. The van der Waals surface area contributed by atoms with Gasteiger partial charge in [-0.2, -0.15) is 0 Å². The lowest BCUT2D eigenvalue weighted by Crippen LogP contribution is -2.34. The maximum Gasteiger partial charge on any atom is 0.00964 e.